The number of methoxy groups -OCH3 is 2. The van der Waals surface area contributed by atoms with Crippen LogP contribution in [0.1, 0.15) is 0 Å². The summed E-state index contributed by atoms with van der Waals surface area (Å²) in [6.07, 6.45) is -3.68. The number of nitrogens with zero attached hydrogens (tertiary/aromatic N) is 1. The summed E-state index contributed by atoms with van der Waals surface area (Å²) in [5, 5.41) is 0.530. The van der Waals surface area contributed by atoms with E-state index in [-0.39, 0.29) is 10.2 Å². The summed E-state index contributed by atoms with van der Waals surface area (Å²) < 4.78 is 101. The van der Waals surface area contributed by atoms with Gasteiger partial charge in [-0.05, 0) is 42.5 Å². The minimum atomic E-state index is -5.15. The van der Waals surface area contributed by atoms with Gasteiger partial charge in [0.1, 0.15) is 16.4 Å². The molecular formula is C24H17BrF4N2O6S. The molecule has 4 aromatic rings. The number of halogens is 5. The second kappa shape index (κ2) is 10.5. The van der Waals surface area contributed by atoms with E-state index >= 15 is 0 Å². The zero-order valence-electron chi connectivity index (χ0n) is 19.5. The topological polar surface area (TPSA) is 96.0 Å². The molecular weight excluding hydrogens is 600 g/mol. The van der Waals surface area contributed by atoms with Crippen LogP contribution in [0.3, 0.4) is 0 Å². The van der Waals surface area contributed by atoms with Crippen molar-refractivity contribution in [3.05, 3.63) is 71.1 Å². The van der Waals surface area contributed by atoms with Crippen LogP contribution in [-0.2, 0) is 10.0 Å². The standard InChI is InChI=1S/C24H17BrF4N2O6S/c1-34-20-11-15-18(12-21(20)35-2)30-8-7-19(15)36-14-4-5-17(16(26)10-14)31-38(32,33)23-6-3-13(25)9-22(23)37-24(27,28)29/h3-12,31H,1-2H3. The lowest BCUT2D eigenvalue weighted by Crippen LogP contribution is -2.21. The Bertz CT molecular complexity index is 1620. The molecule has 38 heavy (non-hydrogen) atoms. The maximum atomic E-state index is 14.9. The van der Waals surface area contributed by atoms with Crippen molar-refractivity contribution in [1.29, 1.82) is 0 Å². The van der Waals surface area contributed by atoms with Crippen LogP contribution >= 0.6 is 15.9 Å². The molecule has 1 N–H and O–H groups in total. The molecule has 0 aliphatic heterocycles. The lowest BCUT2D eigenvalue weighted by Gasteiger charge is -2.16. The number of sulfonamides is 1. The van der Waals surface area contributed by atoms with Crippen molar-refractivity contribution in [2.45, 2.75) is 11.3 Å². The highest BCUT2D eigenvalue weighted by Gasteiger charge is 2.34. The summed E-state index contributed by atoms with van der Waals surface area (Å²) in [5.74, 6) is -0.863. The summed E-state index contributed by atoms with van der Waals surface area (Å²) in [6.45, 7) is 0. The van der Waals surface area contributed by atoms with Crippen molar-refractivity contribution in [2.75, 3.05) is 18.9 Å². The Hall–Kier alpha value is -3.78. The third-order valence-corrected chi connectivity index (χ3v) is 6.94. The number of ether oxygens (including phenoxy) is 4. The smallest absolute Gasteiger partial charge is 0.493 e. The van der Waals surface area contributed by atoms with Crippen LogP contribution < -0.4 is 23.7 Å². The predicted molar refractivity (Wildman–Crippen MR) is 133 cm³/mol. The molecule has 0 unspecified atom stereocenters. The molecule has 0 saturated heterocycles. The van der Waals surface area contributed by atoms with Gasteiger partial charge in [0.25, 0.3) is 10.0 Å². The molecule has 0 radical (unpaired) electrons. The first-order valence-corrected chi connectivity index (χ1v) is 12.7. The fourth-order valence-corrected chi connectivity index (χ4v) is 4.93. The largest absolute Gasteiger partial charge is 0.573 e. The van der Waals surface area contributed by atoms with Gasteiger partial charge in [0, 0.05) is 28.2 Å². The van der Waals surface area contributed by atoms with Crippen molar-refractivity contribution in [2.24, 2.45) is 0 Å². The van der Waals surface area contributed by atoms with E-state index < -0.39 is 38.5 Å². The van der Waals surface area contributed by atoms with Gasteiger partial charge >= 0.3 is 6.36 Å². The summed E-state index contributed by atoms with van der Waals surface area (Å²) in [7, 11) is -1.74. The molecule has 3 aromatic carbocycles. The monoisotopic (exact) mass is 616 g/mol. The lowest BCUT2D eigenvalue weighted by molar-refractivity contribution is -0.275. The predicted octanol–water partition coefficient (Wildman–Crippen LogP) is 6.65. The van der Waals surface area contributed by atoms with Crippen LogP contribution in [0.25, 0.3) is 10.9 Å². The van der Waals surface area contributed by atoms with Gasteiger partial charge in [0.2, 0.25) is 0 Å². The van der Waals surface area contributed by atoms with Crippen LogP contribution in [0.15, 0.2) is 70.2 Å². The average molecular weight is 617 g/mol. The highest BCUT2D eigenvalue weighted by molar-refractivity contribution is 9.10. The lowest BCUT2D eigenvalue weighted by atomic mass is 10.2. The first kappa shape index (κ1) is 27.3. The number of anilines is 1. The molecule has 0 saturated carbocycles. The molecule has 14 heteroatoms. The van der Waals surface area contributed by atoms with Gasteiger partial charge in [-0.2, -0.15) is 0 Å². The van der Waals surface area contributed by atoms with Gasteiger partial charge in [0.05, 0.1) is 25.4 Å². The van der Waals surface area contributed by atoms with Crippen molar-refractivity contribution < 1.29 is 44.9 Å². The van der Waals surface area contributed by atoms with Gasteiger partial charge in [-0.1, -0.05) is 15.9 Å². The summed E-state index contributed by atoms with van der Waals surface area (Å²) in [6, 6.07) is 11.0. The highest BCUT2D eigenvalue weighted by Crippen LogP contribution is 2.38. The summed E-state index contributed by atoms with van der Waals surface area (Å²) in [4.78, 5) is 3.41. The molecule has 1 aromatic heterocycles. The molecule has 0 bridgehead atoms. The molecule has 0 fully saturated rings. The third kappa shape index (κ3) is 6.02. The Labute approximate surface area is 222 Å². The molecule has 8 nitrogen and oxygen atoms in total. The SMILES string of the molecule is COc1cc2nccc(Oc3ccc(NS(=O)(=O)c4ccc(Br)cc4OC(F)(F)F)c(F)c3)c2cc1OC. The van der Waals surface area contributed by atoms with Gasteiger partial charge < -0.3 is 18.9 Å². The second-order valence-corrected chi connectivity index (χ2v) is 10.1. The van der Waals surface area contributed by atoms with Crippen molar-refractivity contribution in [3.8, 4) is 28.7 Å². The number of alkyl halides is 3. The zero-order valence-corrected chi connectivity index (χ0v) is 21.9. The van der Waals surface area contributed by atoms with Crippen molar-refractivity contribution >= 4 is 42.5 Å². The molecule has 0 amide bonds. The number of hydrogen-bond acceptors (Lipinski definition) is 7. The number of rotatable bonds is 8. The van der Waals surface area contributed by atoms with E-state index in [0.717, 1.165) is 24.3 Å². The first-order chi connectivity index (χ1) is 17.9. The maximum Gasteiger partial charge on any atom is 0.573 e. The Balaban J connectivity index is 1.62. The average Bonchev–Trinajstić information content (AvgIpc) is 2.84. The maximum absolute atomic E-state index is 14.9. The van der Waals surface area contributed by atoms with Crippen molar-refractivity contribution in [1.82, 2.24) is 4.98 Å². The van der Waals surface area contributed by atoms with E-state index in [1.165, 1.54) is 32.5 Å². The van der Waals surface area contributed by atoms with Gasteiger partial charge in [0.15, 0.2) is 23.1 Å². The molecule has 0 aliphatic rings. The van der Waals surface area contributed by atoms with E-state index in [0.29, 0.717) is 28.2 Å². The number of pyridine rings is 1. The molecule has 4 rings (SSSR count). The number of fused-ring (bicyclic) bond motifs is 1. The van der Waals surface area contributed by atoms with Crippen LogP contribution in [0, 0.1) is 5.82 Å². The van der Waals surface area contributed by atoms with Crippen LogP contribution in [-0.4, -0.2) is 34.0 Å². The van der Waals surface area contributed by atoms with Crippen LogP contribution in [0.2, 0.25) is 0 Å². The van der Waals surface area contributed by atoms with Gasteiger partial charge in [-0.15, -0.1) is 13.2 Å². The van der Waals surface area contributed by atoms with Crippen LogP contribution in [0.4, 0.5) is 23.2 Å². The van der Waals surface area contributed by atoms with E-state index in [1.54, 1.807) is 18.2 Å². The Morgan fingerprint density at radius 3 is 2.26 bits per heavy atom. The molecule has 0 atom stereocenters. The number of nitrogens with one attached hydrogen (secondary N) is 1. The normalized spacial score (nSPS) is 11.8. The van der Waals surface area contributed by atoms with E-state index in [4.69, 9.17) is 14.2 Å². The van der Waals surface area contributed by atoms with E-state index in [9.17, 15) is 26.0 Å². The molecule has 0 aliphatic carbocycles. The number of benzene rings is 3. The fourth-order valence-electron chi connectivity index (χ4n) is 3.41. The second-order valence-electron chi connectivity index (χ2n) is 7.52. The van der Waals surface area contributed by atoms with Gasteiger partial charge in [-0.3, -0.25) is 9.71 Å². The Kier molecular flexibility index (Phi) is 7.56. The Morgan fingerprint density at radius 2 is 1.61 bits per heavy atom. The van der Waals surface area contributed by atoms with Gasteiger partial charge in [-0.25, -0.2) is 12.8 Å². The van der Waals surface area contributed by atoms with Crippen LogP contribution in [0.5, 0.6) is 28.7 Å². The molecule has 0 spiro atoms. The highest BCUT2D eigenvalue weighted by atomic mass is 79.9. The fraction of sp³-hybridized carbons (Fsp3) is 0.125. The quantitative estimate of drug-likeness (QED) is 0.222. The third-order valence-electron chi connectivity index (χ3n) is 5.04. The zero-order chi connectivity index (χ0) is 27.7. The van der Waals surface area contributed by atoms with E-state index in [1.807, 2.05) is 4.72 Å². The molecule has 1 heterocycles. The van der Waals surface area contributed by atoms with E-state index in [2.05, 4.69) is 25.7 Å². The first-order valence-electron chi connectivity index (χ1n) is 10.5. The molecule has 200 valence electrons. The summed E-state index contributed by atoms with van der Waals surface area (Å²) in [5.41, 5.74) is -0.0133. The Morgan fingerprint density at radius 1 is 0.895 bits per heavy atom. The minimum absolute atomic E-state index is 0.0115. The number of aromatic nitrogens is 1. The summed E-state index contributed by atoms with van der Waals surface area (Å²) >= 11 is 2.96. The van der Waals surface area contributed by atoms with Crippen molar-refractivity contribution in [3.63, 3.8) is 0 Å². The minimum Gasteiger partial charge on any atom is -0.493 e. The number of hydrogen-bond donors (Lipinski definition) is 1.